The molecule has 0 saturated carbocycles. The van der Waals surface area contributed by atoms with Crippen molar-refractivity contribution in [3.05, 3.63) is 34.9 Å². The predicted molar refractivity (Wildman–Crippen MR) is 71.1 cm³/mol. The van der Waals surface area contributed by atoms with E-state index in [9.17, 15) is 9.59 Å². The van der Waals surface area contributed by atoms with Gasteiger partial charge in [-0.15, -0.1) is 0 Å². The number of rotatable bonds is 3. The highest BCUT2D eigenvalue weighted by atomic mass is 16.2. The molecule has 0 aliphatic carbocycles. The van der Waals surface area contributed by atoms with Crippen LogP contribution >= 0.6 is 0 Å². The van der Waals surface area contributed by atoms with Gasteiger partial charge in [0.25, 0.3) is 0 Å². The smallest absolute Gasteiger partial charge is 0.309 e. The van der Waals surface area contributed by atoms with Crippen molar-refractivity contribution in [3.8, 4) is 0 Å². The molecule has 4 nitrogen and oxygen atoms in total. The predicted octanol–water partition coefficient (Wildman–Crippen LogP) is 1.18. The summed E-state index contributed by atoms with van der Waals surface area (Å²) in [6, 6.07) is 6.20. The van der Waals surface area contributed by atoms with Crippen molar-refractivity contribution >= 4 is 11.8 Å². The maximum absolute atomic E-state index is 11.2. The molecule has 3 N–H and O–H groups in total. The molecule has 0 radical (unpaired) electrons. The van der Waals surface area contributed by atoms with Gasteiger partial charge in [-0.25, -0.2) is 0 Å². The van der Waals surface area contributed by atoms with Crippen molar-refractivity contribution in [2.24, 2.45) is 5.73 Å². The van der Waals surface area contributed by atoms with Crippen LogP contribution in [-0.4, -0.2) is 18.4 Å². The van der Waals surface area contributed by atoms with Crippen LogP contribution in [0.2, 0.25) is 0 Å². The van der Waals surface area contributed by atoms with Crippen LogP contribution in [0.4, 0.5) is 0 Å². The van der Waals surface area contributed by atoms with E-state index in [1.54, 1.807) is 0 Å². The minimum absolute atomic E-state index is 0.247. The number of aryl methyl sites for hydroxylation is 2. The Balaban J connectivity index is 2.85. The van der Waals surface area contributed by atoms with Crippen molar-refractivity contribution < 1.29 is 9.59 Å². The first kappa shape index (κ1) is 14.2. The lowest BCUT2D eigenvalue weighted by atomic mass is 9.81. The molecule has 18 heavy (non-hydrogen) atoms. The number of hydrogen-bond acceptors (Lipinski definition) is 2. The summed E-state index contributed by atoms with van der Waals surface area (Å²) < 4.78 is 0. The van der Waals surface area contributed by atoms with Crippen LogP contribution < -0.4 is 11.1 Å². The lowest BCUT2D eigenvalue weighted by molar-refractivity contribution is -0.137. The van der Waals surface area contributed by atoms with E-state index in [4.69, 9.17) is 5.73 Å². The van der Waals surface area contributed by atoms with Crippen LogP contribution in [0.15, 0.2) is 18.2 Å². The van der Waals surface area contributed by atoms with Gasteiger partial charge in [-0.2, -0.15) is 0 Å². The van der Waals surface area contributed by atoms with Crippen LogP contribution in [-0.2, 0) is 15.0 Å². The van der Waals surface area contributed by atoms with Crippen molar-refractivity contribution in [1.82, 2.24) is 5.32 Å². The molecule has 0 aliphatic heterocycles. The number of carbonyl (C=O) groups excluding carboxylic acids is 2. The summed E-state index contributed by atoms with van der Waals surface area (Å²) in [5.41, 5.74) is 8.18. The van der Waals surface area contributed by atoms with Crippen LogP contribution in [0, 0.1) is 13.8 Å². The molecule has 1 aromatic rings. The molecule has 0 saturated heterocycles. The maximum atomic E-state index is 11.2. The molecular weight excluding hydrogens is 228 g/mol. The van der Waals surface area contributed by atoms with E-state index in [-0.39, 0.29) is 5.41 Å². The van der Waals surface area contributed by atoms with E-state index in [1.807, 2.05) is 33.8 Å². The van der Waals surface area contributed by atoms with E-state index >= 15 is 0 Å². The van der Waals surface area contributed by atoms with Crippen molar-refractivity contribution in [2.45, 2.75) is 33.1 Å². The highest BCUT2D eigenvalue weighted by molar-refractivity contribution is 6.34. The average molecular weight is 248 g/mol. The molecule has 0 spiro atoms. The minimum Gasteiger partial charge on any atom is -0.361 e. The van der Waals surface area contributed by atoms with Crippen LogP contribution in [0.3, 0.4) is 0 Å². The summed E-state index contributed by atoms with van der Waals surface area (Å²) in [4.78, 5) is 21.8. The number of hydrogen-bond donors (Lipinski definition) is 2. The summed E-state index contributed by atoms with van der Waals surface area (Å²) in [6.45, 7) is 8.50. The van der Waals surface area contributed by atoms with Gasteiger partial charge >= 0.3 is 11.8 Å². The largest absolute Gasteiger partial charge is 0.361 e. The zero-order valence-corrected chi connectivity index (χ0v) is 11.3. The van der Waals surface area contributed by atoms with E-state index in [2.05, 4.69) is 17.4 Å². The highest BCUT2D eigenvalue weighted by Gasteiger charge is 2.24. The van der Waals surface area contributed by atoms with Gasteiger partial charge in [0.1, 0.15) is 0 Å². The number of nitrogens with one attached hydrogen (secondary N) is 1. The van der Waals surface area contributed by atoms with Gasteiger partial charge in [0.2, 0.25) is 0 Å². The summed E-state index contributed by atoms with van der Waals surface area (Å²) in [5, 5.41) is 2.55. The molecule has 0 atom stereocenters. The molecule has 0 heterocycles. The summed E-state index contributed by atoms with van der Waals surface area (Å²) in [5.74, 6) is -1.70. The quantitative estimate of drug-likeness (QED) is 0.788. The van der Waals surface area contributed by atoms with E-state index in [0.717, 1.165) is 5.56 Å². The highest BCUT2D eigenvalue weighted by Crippen LogP contribution is 2.26. The van der Waals surface area contributed by atoms with Gasteiger partial charge in [0, 0.05) is 12.0 Å². The topological polar surface area (TPSA) is 72.2 Å². The zero-order chi connectivity index (χ0) is 13.9. The number of nitrogens with two attached hydrogens (primary N) is 1. The molecule has 0 bridgehead atoms. The van der Waals surface area contributed by atoms with E-state index < -0.39 is 11.8 Å². The molecule has 0 fully saturated rings. The third kappa shape index (κ3) is 3.32. The van der Waals surface area contributed by atoms with E-state index in [1.165, 1.54) is 11.1 Å². The first-order chi connectivity index (χ1) is 8.24. The average Bonchev–Trinajstić information content (AvgIpc) is 2.25. The second-order valence-corrected chi connectivity index (χ2v) is 5.25. The number of carbonyl (C=O) groups is 2. The van der Waals surface area contributed by atoms with Gasteiger partial charge in [-0.1, -0.05) is 37.6 Å². The Morgan fingerprint density at radius 2 is 1.89 bits per heavy atom. The lowest BCUT2D eigenvalue weighted by Crippen LogP contribution is -2.42. The monoisotopic (exact) mass is 248 g/mol. The first-order valence-electron chi connectivity index (χ1n) is 5.89. The van der Waals surface area contributed by atoms with Crippen molar-refractivity contribution in [3.63, 3.8) is 0 Å². The fraction of sp³-hybridized carbons (Fsp3) is 0.429. The second kappa shape index (κ2) is 5.21. The fourth-order valence-corrected chi connectivity index (χ4v) is 2.06. The molecule has 1 aromatic carbocycles. The second-order valence-electron chi connectivity index (χ2n) is 5.25. The molecule has 0 unspecified atom stereocenters. The Labute approximate surface area is 108 Å². The molecular formula is C14H20N2O2. The molecule has 98 valence electrons. The standard InChI is InChI=1S/C14H20N2O2/c1-9-5-6-11(10(2)7-9)14(3,4)8-16-13(18)12(15)17/h5-7H,8H2,1-4H3,(H2,15,17)(H,16,18). The Morgan fingerprint density at radius 1 is 1.28 bits per heavy atom. The Bertz CT molecular complexity index is 479. The maximum Gasteiger partial charge on any atom is 0.309 e. The summed E-state index contributed by atoms with van der Waals surface area (Å²) >= 11 is 0. The van der Waals surface area contributed by atoms with Crippen molar-refractivity contribution in [2.75, 3.05) is 6.54 Å². The SMILES string of the molecule is Cc1ccc(C(C)(C)CNC(=O)C(N)=O)c(C)c1. The van der Waals surface area contributed by atoms with Crippen LogP contribution in [0.5, 0.6) is 0 Å². The third-order valence-corrected chi connectivity index (χ3v) is 3.03. The molecule has 0 aromatic heterocycles. The van der Waals surface area contributed by atoms with Gasteiger partial charge in [0.15, 0.2) is 0 Å². The van der Waals surface area contributed by atoms with Gasteiger partial charge < -0.3 is 11.1 Å². The number of primary amides is 1. The van der Waals surface area contributed by atoms with E-state index in [0.29, 0.717) is 6.54 Å². The molecule has 0 aliphatic rings. The third-order valence-electron chi connectivity index (χ3n) is 3.03. The Morgan fingerprint density at radius 3 is 2.39 bits per heavy atom. The van der Waals surface area contributed by atoms with Gasteiger partial charge in [0.05, 0.1) is 0 Å². The molecule has 2 amide bonds. The minimum atomic E-state index is -0.952. The fourth-order valence-electron chi connectivity index (χ4n) is 2.06. The number of benzene rings is 1. The van der Waals surface area contributed by atoms with Crippen molar-refractivity contribution in [1.29, 1.82) is 0 Å². The Kier molecular flexibility index (Phi) is 4.11. The van der Waals surface area contributed by atoms with Gasteiger partial charge in [-0.3, -0.25) is 9.59 Å². The normalized spacial score (nSPS) is 11.1. The molecule has 4 heteroatoms. The van der Waals surface area contributed by atoms with Crippen LogP contribution in [0.25, 0.3) is 0 Å². The first-order valence-corrected chi connectivity index (χ1v) is 5.89. The number of amides is 2. The van der Waals surface area contributed by atoms with Gasteiger partial charge in [-0.05, 0) is 25.0 Å². The lowest BCUT2D eigenvalue weighted by Gasteiger charge is -2.27. The Hall–Kier alpha value is -1.84. The molecule has 1 rings (SSSR count). The summed E-state index contributed by atoms with van der Waals surface area (Å²) in [7, 11) is 0. The van der Waals surface area contributed by atoms with Crippen LogP contribution in [0.1, 0.15) is 30.5 Å². The zero-order valence-electron chi connectivity index (χ0n) is 11.3. The summed E-state index contributed by atoms with van der Waals surface area (Å²) in [6.07, 6.45) is 0.